The number of carbonyl (C=O) groups is 1. The smallest absolute Gasteiger partial charge is 0.198 e. The van der Waals surface area contributed by atoms with Gasteiger partial charge >= 0.3 is 0 Å². The first-order valence-electron chi connectivity index (χ1n) is 5.31. The summed E-state index contributed by atoms with van der Waals surface area (Å²) >= 11 is 0. The zero-order chi connectivity index (χ0) is 13.3. The second kappa shape index (κ2) is 4.44. The molecule has 0 spiro atoms. The zero-order valence-electron chi connectivity index (χ0n) is 9.77. The summed E-state index contributed by atoms with van der Waals surface area (Å²) in [6.45, 7) is 1.79. The van der Waals surface area contributed by atoms with Crippen molar-refractivity contribution in [3.05, 3.63) is 53.0 Å². The molecule has 0 aliphatic heterocycles. The van der Waals surface area contributed by atoms with Gasteiger partial charge in [0.1, 0.15) is 11.6 Å². The number of halogens is 1. The Bertz CT molecular complexity index is 572. The van der Waals surface area contributed by atoms with Crippen molar-refractivity contribution in [1.29, 1.82) is 0 Å². The van der Waals surface area contributed by atoms with Gasteiger partial charge in [0.15, 0.2) is 5.78 Å². The minimum atomic E-state index is -0.522. The van der Waals surface area contributed by atoms with Crippen LogP contribution in [0.2, 0.25) is 0 Å². The highest BCUT2D eigenvalue weighted by atomic mass is 19.1. The molecule has 18 heavy (non-hydrogen) atoms. The quantitative estimate of drug-likeness (QED) is 0.625. The predicted octanol–water partition coefficient (Wildman–Crippen LogP) is 1.92. The van der Waals surface area contributed by atoms with Gasteiger partial charge in [-0.25, -0.2) is 9.37 Å². The molecule has 2 aromatic rings. The molecule has 4 nitrogen and oxygen atoms in total. The first-order valence-corrected chi connectivity index (χ1v) is 5.31. The molecule has 0 radical (unpaired) electrons. The van der Waals surface area contributed by atoms with E-state index in [1.807, 2.05) is 0 Å². The number of nitrogens with two attached hydrogens (primary N) is 2. The Balaban J connectivity index is 2.54. The average Bonchev–Trinajstić information content (AvgIpc) is 2.34. The first kappa shape index (κ1) is 12.0. The number of aryl methyl sites for hydroxylation is 1. The van der Waals surface area contributed by atoms with Gasteiger partial charge in [0, 0.05) is 17.4 Å². The summed E-state index contributed by atoms with van der Waals surface area (Å²) in [5, 5.41) is 0. The molecule has 4 N–H and O–H groups in total. The third-order valence-corrected chi connectivity index (χ3v) is 2.56. The van der Waals surface area contributed by atoms with Crippen LogP contribution in [-0.2, 0) is 0 Å². The SMILES string of the molecule is Cc1cnc(N)c(C(=O)c2cc(F)ccc2N)c1. The fourth-order valence-electron chi connectivity index (χ4n) is 1.63. The van der Waals surface area contributed by atoms with Crippen molar-refractivity contribution in [1.82, 2.24) is 4.98 Å². The van der Waals surface area contributed by atoms with Crippen molar-refractivity contribution < 1.29 is 9.18 Å². The number of aromatic nitrogens is 1. The Morgan fingerprint density at radius 2 is 1.94 bits per heavy atom. The van der Waals surface area contributed by atoms with Crippen LogP contribution < -0.4 is 11.5 Å². The van der Waals surface area contributed by atoms with Crippen LogP contribution in [0.3, 0.4) is 0 Å². The van der Waals surface area contributed by atoms with Gasteiger partial charge in [0.05, 0.1) is 5.56 Å². The Kier molecular flexibility index (Phi) is 2.97. The standard InChI is InChI=1S/C13H12FN3O/c1-7-4-10(13(16)17-6-7)12(18)9-5-8(14)2-3-11(9)15/h2-6H,15H2,1H3,(H2,16,17). The van der Waals surface area contributed by atoms with Crippen molar-refractivity contribution in [3.63, 3.8) is 0 Å². The van der Waals surface area contributed by atoms with Gasteiger partial charge in [-0.3, -0.25) is 4.79 Å². The zero-order valence-corrected chi connectivity index (χ0v) is 9.77. The highest BCUT2D eigenvalue weighted by Gasteiger charge is 2.16. The number of pyridine rings is 1. The molecule has 2 rings (SSSR count). The molecule has 0 saturated heterocycles. The summed E-state index contributed by atoms with van der Waals surface area (Å²) < 4.78 is 13.1. The second-order valence-corrected chi connectivity index (χ2v) is 4.01. The predicted molar refractivity (Wildman–Crippen MR) is 67.6 cm³/mol. The van der Waals surface area contributed by atoms with Crippen LogP contribution in [0, 0.1) is 12.7 Å². The molecule has 1 aromatic heterocycles. The molecule has 0 fully saturated rings. The highest BCUT2D eigenvalue weighted by molar-refractivity contribution is 6.14. The normalized spacial score (nSPS) is 10.3. The minimum absolute atomic E-state index is 0.0918. The molecule has 0 aliphatic rings. The molecule has 0 amide bonds. The molecular formula is C13H12FN3O. The molecule has 0 aliphatic carbocycles. The summed E-state index contributed by atoms with van der Waals surface area (Å²) in [6.07, 6.45) is 1.56. The summed E-state index contributed by atoms with van der Waals surface area (Å²) in [7, 11) is 0. The van der Waals surface area contributed by atoms with Gasteiger partial charge in [0.2, 0.25) is 0 Å². The lowest BCUT2D eigenvalue weighted by Crippen LogP contribution is -2.10. The number of nitrogen functional groups attached to an aromatic ring is 2. The van der Waals surface area contributed by atoms with Gasteiger partial charge in [-0.2, -0.15) is 0 Å². The lowest BCUT2D eigenvalue weighted by molar-refractivity contribution is 0.103. The third kappa shape index (κ3) is 2.15. The summed E-state index contributed by atoms with van der Waals surface area (Å²) in [5.41, 5.74) is 12.6. The summed E-state index contributed by atoms with van der Waals surface area (Å²) in [6, 6.07) is 5.25. The van der Waals surface area contributed by atoms with Crippen molar-refractivity contribution >= 4 is 17.3 Å². The van der Waals surface area contributed by atoms with E-state index in [9.17, 15) is 9.18 Å². The van der Waals surface area contributed by atoms with E-state index < -0.39 is 11.6 Å². The number of ketones is 1. The molecule has 92 valence electrons. The maximum absolute atomic E-state index is 13.1. The number of rotatable bonds is 2. The van der Waals surface area contributed by atoms with Crippen molar-refractivity contribution in [2.24, 2.45) is 0 Å². The molecule has 1 heterocycles. The van der Waals surface area contributed by atoms with Crippen molar-refractivity contribution in [2.45, 2.75) is 6.92 Å². The molecule has 1 aromatic carbocycles. The lowest BCUT2D eigenvalue weighted by atomic mass is 10.0. The van der Waals surface area contributed by atoms with Gasteiger partial charge in [-0.05, 0) is 36.8 Å². The second-order valence-electron chi connectivity index (χ2n) is 4.01. The number of hydrogen-bond donors (Lipinski definition) is 2. The fourth-order valence-corrected chi connectivity index (χ4v) is 1.63. The monoisotopic (exact) mass is 245 g/mol. The average molecular weight is 245 g/mol. The van der Waals surface area contributed by atoms with Crippen LogP contribution >= 0.6 is 0 Å². The number of benzene rings is 1. The largest absolute Gasteiger partial charge is 0.398 e. The molecule has 5 heteroatoms. The van der Waals surface area contributed by atoms with Crippen LogP contribution in [0.1, 0.15) is 21.5 Å². The molecule has 0 bridgehead atoms. The van der Waals surface area contributed by atoms with Crippen molar-refractivity contribution in [3.8, 4) is 0 Å². The summed E-state index contributed by atoms with van der Waals surface area (Å²) in [4.78, 5) is 16.1. The lowest BCUT2D eigenvalue weighted by Gasteiger charge is -2.07. The topological polar surface area (TPSA) is 82.0 Å². The number of carbonyl (C=O) groups excluding carboxylic acids is 1. The van der Waals surface area contributed by atoms with Crippen LogP contribution in [0.15, 0.2) is 30.5 Å². The van der Waals surface area contributed by atoms with Crippen LogP contribution in [0.5, 0.6) is 0 Å². The van der Waals surface area contributed by atoms with Crippen LogP contribution in [0.4, 0.5) is 15.9 Å². The number of nitrogens with zero attached hydrogens (tertiary/aromatic N) is 1. The van der Waals surface area contributed by atoms with E-state index in [4.69, 9.17) is 11.5 Å². The number of anilines is 2. The van der Waals surface area contributed by atoms with Gasteiger partial charge < -0.3 is 11.5 Å². The first-order chi connectivity index (χ1) is 8.49. The van der Waals surface area contributed by atoms with Gasteiger partial charge in [0.25, 0.3) is 0 Å². The summed E-state index contributed by atoms with van der Waals surface area (Å²) in [5.74, 6) is -0.846. The van der Waals surface area contributed by atoms with Gasteiger partial charge in [-0.15, -0.1) is 0 Å². The van der Waals surface area contributed by atoms with E-state index in [1.165, 1.54) is 12.1 Å². The van der Waals surface area contributed by atoms with E-state index in [1.54, 1.807) is 19.2 Å². The maximum atomic E-state index is 13.1. The molecule has 0 saturated carbocycles. The highest BCUT2D eigenvalue weighted by Crippen LogP contribution is 2.21. The molecular weight excluding hydrogens is 233 g/mol. The van der Waals surface area contributed by atoms with Crippen molar-refractivity contribution in [2.75, 3.05) is 11.5 Å². The van der Waals surface area contributed by atoms with Crippen LogP contribution in [-0.4, -0.2) is 10.8 Å². The Morgan fingerprint density at radius 1 is 1.22 bits per heavy atom. The fraction of sp³-hybridized carbons (Fsp3) is 0.0769. The maximum Gasteiger partial charge on any atom is 0.198 e. The Hall–Kier alpha value is -2.43. The van der Waals surface area contributed by atoms with E-state index in [0.717, 1.165) is 11.6 Å². The third-order valence-electron chi connectivity index (χ3n) is 2.56. The van der Waals surface area contributed by atoms with E-state index in [-0.39, 0.29) is 22.6 Å². The van der Waals surface area contributed by atoms with E-state index in [0.29, 0.717) is 0 Å². The Labute approximate surface area is 103 Å². The molecule has 0 atom stereocenters. The Morgan fingerprint density at radius 3 is 2.67 bits per heavy atom. The molecule has 0 unspecified atom stereocenters. The minimum Gasteiger partial charge on any atom is -0.398 e. The van der Waals surface area contributed by atoms with E-state index >= 15 is 0 Å². The van der Waals surface area contributed by atoms with Crippen LogP contribution in [0.25, 0.3) is 0 Å². The van der Waals surface area contributed by atoms with Gasteiger partial charge in [-0.1, -0.05) is 0 Å². The number of hydrogen-bond acceptors (Lipinski definition) is 4. The van der Waals surface area contributed by atoms with E-state index in [2.05, 4.69) is 4.98 Å².